The zero-order valence-electron chi connectivity index (χ0n) is 19.1. The van der Waals surface area contributed by atoms with Crippen LogP contribution in [0.25, 0.3) is 0 Å². The number of amides is 2. The third-order valence-corrected chi connectivity index (χ3v) is 5.44. The molecule has 2 aromatic rings. The number of carbonyl (C=O) groups excluding carboxylic acids is 2. The van der Waals surface area contributed by atoms with Crippen LogP contribution in [0.5, 0.6) is 0 Å². The van der Waals surface area contributed by atoms with Crippen molar-refractivity contribution < 1.29 is 23.1 Å². The Hall–Kier alpha value is -2.80. The molecule has 0 spiro atoms. The quantitative estimate of drug-likeness (QED) is 0.541. The standard InChI is InChI=1S/C25H32F2N2O3/c1-17(19-9-5-7-11-21(19)26)13-23(30)28-15-25(3,16-32-4)29-24(31)14-18(2)20-10-6-8-12-22(20)27/h5-12,17-18H,13-16H2,1-4H3,(H,28,30)(H,29,31)/t17-,18-,25+/m1/s1. The first-order chi connectivity index (χ1) is 15.1. The van der Waals surface area contributed by atoms with Crippen molar-refractivity contribution in [2.24, 2.45) is 0 Å². The van der Waals surface area contributed by atoms with Crippen molar-refractivity contribution in [2.45, 2.75) is 51.0 Å². The summed E-state index contributed by atoms with van der Waals surface area (Å²) in [6, 6.07) is 12.8. The minimum Gasteiger partial charge on any atom is -0.382 e. The van der Waals surface area contributed by atoms with Gasteiger partial charge < -0.3 is 15.4 Å². The van der Waals surface area contributed by atoms with Crippen molar-refractivity contribution in [3.8, 4) is 0 Å². The average Bonchev–Trinajstić information content (AvgIpc) is 2.73. The van der Waals surface area contributed by atoms with Crippen LogP contribution >= 0.6 is 0 Å². The third kappa shape index (κ3) is 7.41. The molecule has 0 aliphatic carbocycles. The summed E-state index contributed by atoms with van der Waals surface area (Å²) in [5.74, 6) is -1.80. The molecule has 2 rings (SSSR count). The van der Waals surface area contributed by atoms with Gasteiger partial charge in [-0.25, -0.2) is 8.78 Å². The summed E-state index contributed by atoms with van der Waals surface area (Å²) >= 11 is 0. The fourth-order valence-electron chi connectivity index (χ4n) is 3.73. The topological polar surface area (TPSA) is 67.4 Å². The molecule has 0 aromatic heterocycles. The second-order valence-corrected chi connectivity index (χ2v) is 8.57. The maximum atomic E-state index is 14.0. The van der Waals surface area contributed by atoms with Crippen molar-refractivity contribution in [2.75, 3.05) is 20.3 Å². The van der Waals surface area contributed by atoms with E-state index in [-0.39, 0.29) is 61.3 Å². The predicted molar refractivity (Wildman–Crippen MR) is 120 cm³/mol. The molecule has 0 aliphatic heterocycles. The van der Waals surface area contributed by atoms with Gasteiger partial charge >= 0.3 is 0 Å². The lowest BCUT2D eigenvalue weighted by molar-refractivity contribution is -0.125. The summed E-state index contributed by atoms with van der Waals surface area (Å²) in [4.78, 5) is 25.1. The van der Waals surface area contributed by atoms with Crippen LogP contribution in [0.2, 0.25) is 0 Å². The SMILES string of the molecule is COC[C@](C)(CNC(=O)C[C@@H](C)c1ccccc1F)NC(=O)C[C@@H](C)c1ccccc1F. The molecule has 2 aromatic carbocycles. The smallest absolute Gasteiger partial charge is 0.221 e. The van der Waals surface area contributed by atoms with Crippen molar-refractivity contribution in [1.82, 2.24) is 10.6 Å². The number of rotatable bonds is 11. The van der Waals surface area contributed by atoms with Crippen LogP contribution in [0.15, 0.2) is 48.5 Å². The zero-order valence-corrected chi connectivity index (χ0v) is 19.1. The van der Waals surface area contributed by atoms with Gasteiger partial charge in [0.05, 0.1) is 12.1 Å². The Bertz CT molecular complexity index is 922. The zero-order chi connectivity index (χ0) is 23.7. The Kier molecular flexibility index (Phi) is 9.32. The van der Waals surface area contributed by atoms with E-state index < -0.39 is 5.54 Å². The van der Waals surface area contributed by atoms with Crippen LogP contribution in [0, 0.1) is 11.6 Å². The normalized spacial score (nSPS) is 14.8. The molecule has 2 amide bonds. The Morgan fingerprint density at radius 3 is 1.84 bits per heavy atom. The molecule has 0 bridgehead atoms. The van der Waals surface area contributed by atoms with Gasteiger partial charge in [0.15, 0.2) is 0 Å². The molecule has 3 atom stereocenters. The highest BCUT2D eigenvalue weighted by Gasteiger charge is 2.28. The van der Waals surface area contributed by atoms with E-state index in [1.807, 2.05) is 0 Å². The molecule has 0 unspecified atom stereocenters. The van der Waals surface area contributed by atoms with Crippen LogP contribution in [0.4, 0.5) is 8.78 Å². The number of carbonyl (C=O) groups is 2. The van der Waals surface area contributed by atoms with Crippen LogP contribution in [-0.4, -0.2) is 37.6 Å². The maximum absolute atomic E-state index is 14.0. The highest BCUT2D eigenvalue weighted by molar-refractivity contribution is 5.79. The minimum absolute atomic E-state index is 0.0957. The number of methoxy groups -OCH3 is 1. The van der Waals surface area contributed by atoms with Crippen LogP contribution in [0.3, 0.4) is 0 Å². The Balaban J connectivity index is 1.93. The first-order valence-electron chi connectivity index (χ1n) is 10.7. The number of halogens is 2. The molecule has 0 fully saturated rings. The second kappa shape index (κ2) is 11.7. The maximum Gasteiger partial charge on any atom is 0.221 e. The van der Waals surface area contributed by atoms with Crippen molar-refractivity contribution >= 4 is 11.8 Å². The third-order valence-electron chi connectivity index (χ3n) is 5.44. The minimum atomic E-state index is -0.850. The van der Waals surface area contributed by atoms with E-state index in [1.165, 1.54) is 19.2 Å². The highest BCUT2D eigenvalue weighted by Crippen LogP contribution is 2.23. The van der Waals surface area contributed by atoms with E-state index in [0.29, 0.717) is 11.1 Å². The lowest BCUT2D eigenvalue weighted by Crippen LogP contribution is -2.56. The van der Waals surface area contributed by atoms with Gasteiger partial charge in [0.1, 0.15) is 11.6 Å². The Labute approximate surface area is 188 Å². The van der Waals surface area contributed by atoms with E-state index in [0.717, 1.165) is 0 Å². The molecule has 2 N–H and O–H groups in total. The molecule has 7 heteroatoms. The monoisotopic (exact) mass is 446 g/mol. The summed E-state index contributed by atoms with van der Waals surface area (Å²) < 4.78 is 33.2. The van der Waals surface area contributed by atoms with Gasteiger partial charge in [-0.05, 0) is 42.0 Å². The summed E-state index contributed by atoms with van der Waals surface area (Å²) in [5.41, 5.74) is 0.113. The van der Waals surface area contributed by atoms with Crippen LogP contribution in [-0.2, 0) is 14.3 Å². The largest absolute Gasteiger partial charge is 0.382 e. The summed E-state index contributed by atoms with van der Waals surface area (Å²) in [6.45, 7) is 5.66. The van der Waals surface area contributed by atoms with Gasteiger partial charge in [-0.1, -0.05) is 50.2 Å². The summed E-state index contributed by atoms with van der Waals surface area (Å²) in [5, 5.41) is 5.71. The predicted octanol–water partition coefficient (Wildman–Crippen LogP) is 4.29. The number of benzene rings is 2. The van der Waals surface area contributed by atoms with Crippen molar-refractivity contribution in [3.05, 3.63) is 71.3 Å². The molecule has 0 saturated heterocycles. The van der Waals surface area contributed by atoms with Gasteiger partial charge in [0.25, 0.3) is 0 Å². The Morgan fingerprint density at radius 2 is 1.38 bits per heavy atom. The fraction of sp³-hybridized carbons (Fsp3) is 0.440. The van der Waals surface area contributed by atoms with Crippen molar-refractivity contribution in [1.29, 1.82) is 0 Å². The molecule has 174 valence electrons. The first kappa shape index (κ1) is 25.5. The lowest BCUT2D eigenvalue weighted by Gasteiger charge is -2.31. The molecular formula is C25H32F2N2O3. The molecule has 0 radical (unpaired) electrons. The van der Waals surface area contributed by atoms with E-state index in [9.17, 15) is 18.4 Å². The molecule has 0 heterocycles. The molecule has 5 nitrogen and oxygen atoms in total. The number of hydrogen-bond acceptors (Lipinski definition) is 3. The van der Waals surface area contributed by atoms with E-state index >= 15 is 0 Å². The van der Waals surface area contributed by atoms with Gasteiger partial charge in [0, 0.05) is 26.5 Å². The van der Waals surface area contributed by atoms with Crippen LogP contribution in [0.1, 0.15) is 56.6 Å². The summed E-state index contributed by atoms with van der Waals surface area (Å²) in [7, 11) is 1.51. The van der Waals surface area contributed by atoms with Crippen molar-refractivity contribution in [3.63, 3.8) is 0 Å². The summed E-state index contributed by atoms with van der Waals surface area (Å²) in [6.07, 6.45) is 0.209. The second-order valence-electron chi connectivity index (χ2n) is 8.57. The van der Waals surface area contributed by atoms with Gasteiger partial charge in [0.2, 0.25) is 11.8 Å². The Morgan fingerprint density at radius 1 is 0.906 bits per heavy atom. The van der Waals surface area contributed by atoms with Gasteiger partial charge in [-0.15, -0.1) is 0 Å². The average molecular weight is 447 g/mol. The first-order valence-corrected chi connectivity index (χ1v) is 10.7. The van der Waals surface area contributed by atoms with Gasteiger partial charge in [-0.2, -0.15) is 0 Å². The highest BCUT2D eigenvalue weighted by atomic mass is 19.1. The molecule has 0 saturated carbocycles. The number of nitrogens with one attached hydrogen (secondary N) is 2. The molecule has 32 heavy (non-hydrogen) atoms. The lowest BCUT2D eigenvalue weighted by atomic mass is 9.95. The number of hydrogen-bond donors (Lipinski definition) is 2. The fourth-order valence-corrected chi connectivity index (χ4v) is 3.73. The van der Waals surface area contributed by atoms with E-state index in [2.05, 4.69) is 10.6 Å². The molecule has 0 aliphatic rings. The number of ether oxygens (including phenoxy) is 1. The molecular weight excluding hydrogens is 414 g/mol. The van der Waals surface area contributed by atoms with Gasteiger partial charge in [-0.3, -0.25) is 9.59 Å². The van der Waals surface area contributed by atoms with E-state index in [1.54, 1.807) is 57.2 Å². The van der Waals surface area contributed by atoms with E-state index in [4.69, 9.17) is 4.74 Å². The van der Waals surface area contributed by atoms with Crippen LogP contribution < -0.4 is 10.6 Å².